The fourth-order valence-electron chi connectivity index (χ4n) is 2.03. The zero-order chi connectivity index (χ0) is 12.8. The van der Waals surface area contributed by atoms with Crippen molar-refractivity contribution in [3.63, 3.8) is 0 Å². The van der Waals surface area contributed by atoms with E-state index in [4.69, 9.17) is 4.84 Å². The smallest absolute Gasteiger partial charge is 0.0933 e. The maximum absolute atomic E-state index is 5.66. The van der Waals surface area contributed by atoms with E-state index in [-0.39, 0.29) is 0 Å². The number of allylic oxidation sites excluding steroid dienone is 2. The molecule has 1 aliphatic rings. The molecule has 0 unspecified atom stereocenters. The lowest BCUT2D eigenvalue weighted by Gasteiger charge is -2.28. The molecule has 0 saturated carbocycles. The van der Waals surface area contributed by atoms with Crippen molar-refractivity contribution in [3.05, 3.63) is 53.6 Å². The second-order valence-electron chi connectivity index (χ2n) is 4.85. The summed E-state index contributed by atoms with van der Waals surface area (Å²) in [5.41, 5.74) is 3.98. The summed E-state index contributed by atoms with van der Waals surface area (Å²) < 4.78 is 0. The van der Waals surface area contributed by atoms with Gasteiger partial charge in [0.25, 0.3) is 0 Å². The van der Waals surface area contributed by atoms with E-state index < -0.39 is 0 Å². The maximum Gasteiger partial charge on any atom is 0.0933 e. The van der Waals surface area contributed by atoms with Gasteiger partial charge in [-0.2, -0.15) is 0 Å². The zero-order valence-electron chi connectivity index (χ0n) is 11.2. The Bertz CT molecular complexity index is 430. The maximum atomic E-state index is 5.66. The van der Waals surface area contributed by atoms with E-state index in [0.717, 1.165) is 25.1 Å². The van der Waals surface area contributed by atoms with Gasteiger partial charge < -0.3 is 0 Å². The first-order chi connectivity index (χ1) is 8.75. The van der Waals surface area contributed by atoms with Gasteiger partial charge in [0.1, 0.15) is 0 Å². The number of para-hydroxylation sites is 1. The fraction of sp³-hybridized carbons (Fsp3) is 0.375. The first-order valence-electron chi connectivity index (χ1n) is 6.52. The van der Waals surface area contributed by atoms with Crippen LogP contribution in [0.1, 0.15) is 26.7 Å². The number of hydrogen-bond acceptors (Lipinski definition) is 2. The highest BCUT2D eigenvalue weighted by molar-refractivity contribution is 5.45. The molecule has 0 saturated heterocycles. The van der Waals surface area contributed by atoms with Crippen LogP contribution in [0.5, 0.6) is 0 Å². The molecule has 0 atom stereocenters. The van der Waals surface area contributed by atoms with Gasteiger partial charge in [0, 0.05) is 0 Å². The largest absolute Gasteiger partial charge is 0.269 e. The molecule has 96 valence electrons. The molecule has 0 spiro atoms. The summed E-state index contributed by atoms with van der Waals surface area (Å²) in [4.78, 5) is 5.66. The second-order valence-corrected chi connectivity index (χ2v) is 4.85. The van der Waals surface area contributed by atoms with Crippen LogP contribution in [0.3, 0.4) is 0 Å². The van der Waals surface area contributed by atoms with Crippen LogP contribution in [0.2, 0.25) is 0 Å². The van der Waals surface area contributed by atoms with Gasteiger partial charge in [0.15, 0.2) is 0 Å². The van der Waals surface area contributed by atoms with E-state index in [2.05, 4.69) is 38.1 Å². The first-order valence-corrected chi connectivity index (χ1v) is 6.52. The highest BCUT2D eigenvalue weighted by Gasteiger charge is 2.13. The van der Waals surface area contributed by atoms with Crippen LogP contribution >= 0.6 is 0 Å². The normalized spacial score (nSPS) is 15.2. The Morgan fingerprint density at radius 1 is 1.28 bits per heavy atom. The summed E-state index contributed by atoms with van der Waals surface area (Å²) in [7, 11) is 0. The monoisotopic (exact) mass is 243 g/mol. The molecule has 1 aromatic carbocycles. The molecular formula is C16H21NO. The lowest BCUT2D eigenvalue weighted by Crippen LogP contribution is -2.29. The third kappa shape index (κ3) is 3.74. The van der Waals surface area contributed by atoms with Gasteiger partial charge in [-0.1, -0.05) is 35.9 Å². The summed E-state index contributed by atoms with van der Waals surface area (Å²) in [6.07, 6.45) is 6.75. The Hall–Kier alpha value is -1.54. The molecule has 1 heterocycles. The molecule has 2 nitrogen and oxygen atoms in total. The second kappa shape index (κ2) is 6.41. The highest BCUT2D eigenvalue weighted by atomic mass is 16.7. The SMILES string of the molecule is CC(C)=CCCC1=CCON(c2ccccc2)C1. The van der Waals surface area contributed by atoms with Gasteiger partial charge in [-0.15, -0.1) is 0 Å². The minimum Gasteiger partial charge on any atom is -0.269 e. The molecule has 0 bridgehead atoms. The minimum absolute atomic E-state index is 0.680. The van der Waals surface area contributed by atoms with Gasteiger partial charge in [-0.25, -0.2) is 5.06 Å². The van der Waals surface area contributed by atoms with E-state index in [1.165, 1.54) is 11.1 Å². The van der Waals surface area contributed by atoms with Crippen molar-refractivity contribution >= 4 is 5.69 Å². The van der Waals surface area contributed by atoms with Crippen molar-refractivity contribution in [3.8, 4) is 0 Å². The molecular weight excluding hydrogens is 222 g/mol. The van der Waals surface area contributed by atoms with Crippen molar-refractivity contribution in [2.75, 3.05) is 18.2 Å². The molecule has 0 fully saturated rings. The van der Waals surface area contributed by atoms with E-state index in [9.17, 15) is 0 Å². The molecule has 2 heteroatoms. The molecule has 18 heavy (non-hydrogen) atoms. The van der Waals surface area contributed by atoms with Crippen LogP contribution in [0.15, 0.2) is 53.6 Å². The Morgan fingerprint density at radius 2 is 2.06 bits per heavy atom. The molecule has 0 aromatic heterocycles. The quantitative estimate of drug-likeness (QED) is 0.738. The number of rotatable bonds is 4. The number of hydrogen-bond donors (Lipinski definition) is 0. The Kier molecular flexibility index (Phi) is 4.59. The zero-order valence-corrected chi connectivity index (χ0v) is 11.2. The van der Waals surface area contributed by atoms with Gasteiger partial charge in [0.05, 0.1) is 18.8 Å². The van der Waals surface area contributed by atoms with Crippen LogP contribution in [-0.4, -0.2) is 13.2 Å². The van der Waals surface area contributed by atoms with Crippen LogP contribution in [0.25, 0.3) is 0 Å². The summed E-state index contributed by atoms with van der Waals surface area (Å²) in [6.45, 7) is 5.85. The van der Waals surface area contributed by atoms with Crippen molar-refractivity contribution in [2.45, 2.75) is 26.7 Å². The number of benzene rings is 1. The van der Waals surface area contributed by atoms with Crippen molar-refractivity contribution in [1.29, 1.82) is 0 Å². The van der Waals surface area contributed by atoms with Gasteiger partial charge in [-0.3, -0.25) is 4.84 Å². The molecule has 2 rings (SSSR count). The van der Waals surface area contributed by atoms with Crippen molar-refractivity contribution < 1.29 is 4.84 Å². The predicted molar refractivity (Wildman–Crippen MR) is 76.5 cm³/mol. The van der Waals surface area contributed by atoms with Crippen LogP contribution < -0.4 is 5.06 Å². The molecule has 0 N–H and O–H groups in total. The van der Waals surface area contributed by atoms with Crippen LogP contribution in [0, 0.1) is 0 Å². The van der Waals surface area contributed by atoms with Crippen LogP contribution in [0.4, 0.5) is 5.69 Å². The number of anilines is 1. The lowest BCUT2D eigenvalue weighted by molar-refractivity contribution is 0.128. The molecule has 1 aliphatic heterocycles. The standard InChI is InChI=1S/C16H21NO/c1-14(2)7-6-8-15-11-12-18-17(13-15)16-9-4-3-5-10-16/h3-5,7,9-11H,6,8,12-13H2,1-2H3. The average molecular weight is 243 g/mol. The number of nitrogens with zero attached hydrogens (tertiary/aromatic N) is 1. The third-order valence-electron chi connectivity index (χ3n) is 3.01. The van der Waals surface area contributed by atoms with Crippen molar-refractivity contribution in [1.82, 2.24) is 0 Å². The molecule has 0 radical (unpaired) electrons. The Morgan fingerprint density at radius 3 is 2.78 bits per heavy atom. The average Bonchev–Trinajstić information content (AvgIpc) is 2.40. The lowest BCUT2D eigenvalue weighted by atomic mass is 10.1. The predicted octanol–water partition coefficient (Wildman–Crippen LogP) is 4.11. The molecule has 0 aliphatic carbocycles. The van der Waals surface area contributed by atoms with Gasteiger partial charge in [-0.05, 0) is 44.4 Å². The Labute approximate surface area is 110 Å². The highest BCUT2D eigenvalue weighted by Crippen LogP contribution is 2.20. The van der Waals surface area contributed by atoms with E-state index >= 15 is 0 Å². The minimum atomic E-state index is 0.680. The van der Waals surface area contributed by atoms with Crippen molar-refractivity contribution in [2.24, 2.45) is 0 Å². The summed E-state index contributed by atoms with van der Waals surface area (Å²) in [6, 6.07) is 10.3. The topological polar surface area (TPSA) is 12.5 Å². The summed E-state index contributed by atoms with van der Waals surface area (Å²) in [5, 5.41) is 1.98. The fourth-order valence-corrected chi connectivity index (χ4v) is 2.03. The van der Waals surface area contributed by atoms with E-state index in [1.807, 2.05) is 23.3 Å². The van der Waals surface area contributed by atoms with Gasteiger partial charge in [0.2, 0.25) is 0 Å². The van der Waals surface area contributed by atoms with E-state index in [1.54, 1.807) is 0 Å². The number of hydroxylamine groups is 1. The summed E-state index contributed by atoms with van der Waals surface area (Å²) >= 11 is 0. The Balaban J connectivity index is 1.92. The third-order valence-corrected chi connectivity index (χ3v) is 3.01. The first kappa shape index (κ1) is 12.9. The molecule has 1 aromatic rings. The summed E-state index contributed by atoms with van der Waals surface area (Å²) in [5.74, 6) is 0. The van der Waals surface area contributed by atoms with E-state index in [0.29, 0.717) is 6.61 Å². The van der Waals surface area contributed by atoms with Gasteiger partial charge >= 0.3 is 0 Å². The molecule has 0 amide bonds. The van der Waals surface area contributed by atoms with Crippen LogP contribution in [-0.2, 0) is 4.84 Å².